The van der Waals surface area contributed by atoms with E-state index < -0.39 is 0 Å². The number of hydrogen-bond donors (Lipinski definition) is 1. The van der Waals surface area contributed by atoms with Crippen LogP contribution in [0.25, 0.3) is 0 Å². The summed E-state index contributed by atoms with van der Waals surface area (Å²) >= 11 is 0. The van der Waals surface area contributed by atoms with Crippen molar-refractivity contribution in [3.05, 3.63) is 35.4 Å². The molecule has 0 saturated heterocycles. The summed E-state index contributed by atoms with van der Waals surface area (Å²) in [5.74, 6) is 0.121. The molecular formula is C13H19NO. The molecule has 0 aliphatic heterocycles. The number of hydrogen-bond acceptors (Lipinski definition) is 1. The molecule has 0 aliphatic carbocycles. The number of carbonyl (C=O) groups is 1. The van der Waals surface area contributed by atoms with Gasteiger partial charge >= 0.3 is 0 Å². The third-order valence-electron chi connectivity index (χ3n) is 2.52. The highest BCUT2D eigenvalue weighted by atomic mass is 16.1. The van der Waals surface area contributed by atoms with Gasteiger partial charge in [0.05, 0.1) is 0 Å². The van der Waals surface area contributed by atoms with Crippen molar-refractivity contribution < 1.29 is 4.79 Å². The Morgan fingerprint density at radius 2 is 2.07 bits per heavy atom. The maximum absolute atomic E-state index is 11.2. The van der Waals surface area contributed by atoms with Crippen molar-refractivity contribution in [1.29, 1.82) is 0 Å². The zero-order valence-corrected chi connectivity index (χ0v) is 9.71. The monoisotopic (exact) mass is 205 g/mol. The topological polar surface area (TPSA) is 29.1 Å². The number of amides is 1. The molecule has 1 rings (SSSR count). The van der Waals surface area contributed by atoms with Gasteiger partial charge in [0.1, 0.15) is 0 Å². The van der Waals surface area contributed by atoms with Crippen LogP contribution in [0.2, 0.25) is 0 Å². The maximum atomic E-state index is 11.2. The van der Waals surface area contributed by atoms with Crippen LogP contribution in [0, 0.1) is 6.92 Å². The molecule has 1 N–H and O–H groups in total. The Hall–Kier alpha value is -1.31. The van der Waals surface area contributed by atoms with E-state index in [0.29, 0.717) is 6.42 Å². The largest absolute Gasteiger partial charge is 0.353 e. The van der Waals surface area contributed by atoms with Crippen molar-refractivity contribution in [3.8, 4) is 0 Å². The van der Waals surface area contributed by atoms with Gasteiger partial charge in [0.25, 0.3) is 0 Å². The summed E-state index contributed by atoms with van der Waals surface area (Å²) in [4.78, 5) is 11.2. The summed E-state index contributed by atoms with van der Waals surface area (Å²) in [6, 6.07) is 8.50. The highest BCUT2D eigenvalue weighted by Crippen LogP contribution is 2.09. The molecule has 2 heteroatoms. The molecule has 0 radical (unpaired) electrons. The fraction of sp³-hybridized carbons (Fsp3) is 0.462. The Kier molecular flexibility index (Phi) is 4.35. The van der Waals surface area contributed by atoms with E-state index in [2.05, 4.69) is 24.4 Å². The highest BCUT2D eigenvalue weighted by molar-refractivity contribution is 5.75. The van der Waals surface area contributed by atoms with Gasteiger partial charge in [-0.1, -0.05) is 31.2 Å². The predicted octanol–water partition coefficient (Wildman–Crippen LogP) is 2.45. The molecule has 0 spiro atoms. The van der Waals surface area contributed by atoms with E-state index in [1.54, 1.807) is 0 Å². The quantitative estimate of drug-likeness (QED) is 0.803. The fourth-order valence-corrected chi connectivity index (χ4v) is 1.60. The Morgan fingerprint density at radius 1 is 1.40 bits per heavy atom. The van der Waals surface area contributed by atoms with Gasteiger partial charge in [-0.15, -0.1) is 0 Å². The number of aryl methyl sites for hydroxylation is 1. The average Bonchev–Trinajstić information content (AvgIpc) is 2.21. The molecule has 82 valence electrons. The molecule has 15 heavy (non-hydrogen) atoms. The molecule has 0 aliphatic rings. The Bertz CT molecular complexity index is 333. The summed E-state index contributed by atoms with van der Waals surface area (Å²) in [6.07, 6.45) is 1.45. The van der Waals surface area contributed by atoms with Crippen molar-refractivity contribution in [1.82, 2.24) is 5.32 Å². The average molecular weight is 205 g/mol. The van der Waals surface area contributed by atoms with E-state index in [-0.39, 0.29) is 11.9 Å². The molecule has 0 bridgehead atoms. The second kappa shape index (κ2) is 5.54. The van der Waals surface area contributed by atoms with Crippen molar-refractivity contribution in [2.75, 3.05) is 0 Å². The first-order chi connectivity index (χ1) is 7.13. The standard InChI is InChI=1S/C13H19NO/c1-4-13(15)14-11(3)9-12-8-6-5-7-10(12)2/h5-8,11H,4,9H2,1-3H3,(H,14,15). The van der Waals surface area contributed by atoms with Gasteiger partial charge in [0, 0.05) is 12.5 Å². The molecule has 0 heterocycles. The second-order valence-corrected chi connectivity index (χ2v) is 3.95. The van der Waals surface area contributed by atoms with E-state index >= 15 is 0 Å². The zero-order chi connectivity index (χ0) is 11.3. The van der Waals surface area contributed by atoms with Crippen LogP contribution >= 0.6 is 0 Å². The molecule has 1 amide bonds. The van der Waals surface area contributed by atoms with E-state index in [1.807, 2.05) is 26.0 Å². The van der Waals surface area contributed by atoms with Crippen molar-refractivity contribution in [3.63, 3.8) is 0 Å². The summed E-state index contributed by atoms with van der Waals surface area (Å²) in [7, 11) is 0. The second-order valence-electron chi connectivity index (χ2n) is 3.95. The fourth-order valence-electron chi connectivity index (χ4n) is 1.60. The molecule has 1 atom stereocenters. The minimum Gasteiger partial charge on any atom is -0.353 e. The first kappa shape index (κ1) is 11.8. The molecule has 1 aromatic rings. The van der Waals surface area contributed by atoms with Gasteiger partial charge in [0.2, 0.25) is 5.91 Å². The minimum absolute atomic E-state index is 0.121. The van der Waals surface area contributed by atoms with Crippen LogP contribution in [0.5, 0.6) is 0 Å². The molecule has 0 aromatic heterocycles. The first-order valence-electron chi connectivity index (χ1n) is 5.47. The highest BCUT2D eigenvalue weighted by Gasteiger charge is 2.07. The third kappa shape index (κ3) is 3.74. The summed E-state index contributed by atoms with van der Waals surface area (Å²) in [5.41, 5.74) is 2.59. The molecular weight excluding hydrogens is 186 g/mol. The van der Waals surface area contributed by atoms with E-state index in [4.69, 9.17) is 0 Å². The summed E-state index contributed by atoms with van der Waals surface area (Å²) < 4.78 is 0. The van der Waals surface area contributed by atoms with Gasteiger partial charge in [-0.3, -0.25) is 4.79 Å². The summed E-state index contributed by atoms with van der Waals surface area (Å²) in [6.45, 7) is 6.01. The Morgan fingerprint density at radius 3 is 2.67 bits per heavy atom. The minimum atomic E-state index is 0.121. The lowest BCUT2D eigenvalue weighted by atomic mass is 10.0. The van der Waals surface area contributed by atoms with E-state index in [9.17, 15) is 4.79 Å². The van der Waals surface area contributed by atoms with Gasteiger partial charge in [-0.25, -0.2) is 0 Å². The van der Waals surface area contributed by atoms with Gasteiger partial charge < -0.3 is 5.32 Å². The van der Waals surface area contributed by atoms with Crippen LogP contribution in [0.15, 0.2) is 24.3 Å². The van der Waals surface area contributed by atoms with Crippen LogP contribution in [-0.4, -0.2) is 11.9 Å². The van der Waals surface area contributed by atoms with Crippen LogP contribution in [-0.2, 0) is 11.2 Å². The van der Waals surface area contributed by atoms with Crippen molar-refractivity contribution >= 4 is 5.91 Å². The number of benzene rings is 1. The summed E-state index contributed by atoms with van der Waals surface area (Å²) in [5, 5.41) is 2.97. The number of nitrogens with one attached hydrogen (secondary N) is 1. The lowest BCUT2D eigenvalue weighted by molar-refractivity contribution is -0.121. The zero-order valence-electron chi connectivity index (χ0n) is 9.71. The van der Waals surface area contributed by atoms with Crippen LogP contribution < -0.4 is 5.32 Å². The van der Waals surface area contributed by atoms with Crippen LogP contribution in [0.1, 0.15) is 31.4 Å². The maximum Gasteiger partial charge on any atom is 0.219 e. The predicted molar refractivity (Wildman–Crippen MR) is 62.8 cm³/mol. The van der Waals surface area contributed by atoms with Crippen molar-refractivity contribution in [2.24, 2.45) is 0 Å². The molecule has 0 fully saturated rings. The number of rotatable bonds is 4. The van der Waals surface area contributed by atoms with Gasteiger partial charge in [0.15, 0.2) is 0 Å². The molecule has 0 saturated carbocycles. The SMILES string of the molecule is CCC(=O)NC(C)Cc1ccccc1C. The Labute approximate surface area is 91.7 Å². The van der Waals surface area contributed by atoms with E-state index in [0.717, 1.165) is 6.42 Å². The Balaban J connectivity index is 2.55. The van der Waals surface area contributed by atoms with Crippen molar-refractivity contribution in [2.45, 2.75) is 39.7 Å². The third-order valence-corrected chi connectivity index (χ3v) is 2.52. The van der Waals surface area contributed by atoms with Crippen LogP contribution in [0.4, 0.5) is 0 Å². The molecule has 1 aromatic carbocycles. The smallest absolute Gasteiger partial charge is 0.219 e. The van der Waals surface area contributed by atoms with Crippen LogP contribution in [0.3, 0.4) is 0 Å². The lowest BCUT2D eigenvalue weighted by Gasteiger charge is -2.14. The number of carbonyl (C=O) groups excluding carboxylic acids is 1. The normalized spacial score (nSPS) is 12.2. The first-order valence-corrected chi connectivity index (χ1v) is 5.47. The molecule has 2 nitrogen and oxygen atoms in total. The van der Waals surface area contributed by atoms with E-state index in [1.165, 1.54) is 11.1 Å². The van der Waals surface area contributed by atoms with Gasteiger partial charge in [-0.05, 0) is 31.4 Å². The molecule has 1 unspecified atom stereocenters. The lowest BCUT2D eigenvalue weighted by Crippen LogP contribution is -2.33. The van der Waals surface area contributed by atoms with Gasteiger partial charge in [-0.2, -0.15) is 0 Å².